The first kappa shape index (κ1) is 14.9. The van der Waals surface area contributed by atoms with Gasteiger partial charge in [-0.25, -0.2) is 0 Å². The van der Waals surface area contributed by atoms with Gasteiger partial charge in [0.15, 0.2) is 0 Å². The number of aryl methyl sites for hydroxylation is 1. The second-order valence-corrected chi connectivity index (χ2v) is 4.29. The summed E-state index contributed by atoms with van der Waals surface area (Å²) in [5.74, 6) is -0.959. The normalized spacial score (nSPS) is 11.1. The summed E-state index contributed by atoms with van der Waals surface area (Å²) < 4.78 is 0. The Hall–Kier alpha value is -2.13. The Balaban J connectivity index is 0.000000218. The molecule has 0 amide bonds. The van der Waals surface area contributed by atoms with Crippen LogP contribution in [-0.4, -0.2) is 17.1 Å². The lowest BCUT2D eigenvalue weighted by molar-refractivity contribution is -0.138. The number of carboxylic acid groups (broad SMARTS) is 1. The molecule has 0 fully saturated rings. The van der Waals surface area contributed by atoms with Gasteiger partial charge in [0.05, 0.1) is 0 Å². The molecule has 3 nitrogen and oxygen atoms in total. The van der Waals surface area contributed by atoms with Crippen LogP contribution >= 0.6 is 0 Å². The molecular formula is C16H19NO2. The molecule has 0 aromatic heterocycles. The van der Waals surface area contributed by atoms with E-state index in [2.05, 4.69) is 19.1 Å². The Morgan fingerprint density at radius 1 is 1.05 bits per heavy atom. The zero-order valence-corrected chi connectivity index (χ0v) is 11.0. The summed E-state index contributed by atoms with van der Waals surface area (Å²) in [5, 5.41) is 8.52. The lowest BCUT2D eigenvalue weighted by Crippen LogP contribution is -2.32. The third kappa shape index (κ3) is 6.38. The van der Waals surface area contributed by atoms with E-state index in [1.165, 1.54) is 5.56 Å². The molecule has 3 N–H and O–H groups in total. The molecule has 0 aliphatic heterocycles. The van der Waals surface area contributed by atoms with Crippen LogP contribution in [-0.2, 0) is 11.2 Å². The molecule has 0 bridgehead atoms. The fraction of sp³-hybridized carbons (Fsp3) is 0.188. The van der Waals surface area contributed by atoms with Crippen molar-refractivity contribution in [1.82, 2.24) is 0 Å². The molecule has 1 atom stereocenters. The Labute approximate surface area is 113 Å². The standard InChI is InChI=1S/C9H11NO2.C7H8/c10-8(9(11)12)6-7-4-2-1-3-5-7;1-7-5-3-2-4-6-7/h1-5,8H,6,10H2,(H,11,12);2-6H,1H3/t8-;/m0./s1. The molecule has 2 aromatic rings. The number of nitrogens with two attached hydrogens (primary N) is 1. The number of hydrogen-bond acceptors (Lipinski definition) is 2. The topological polar surface area (TPSA) is 63.3 Å². The molecular weight excluding hydrogens is 238 g/mol. The largest absolute Gasteiger partial charge is 0.480 e. The SMILES string of the molecule is Cc1ccccc1.N[C@@H](Cc1ccccc1)C(=O)O. The molecule has 2 aromatic carbocycles. The molecule has 100 valence electrons. The number of benzene rings is 2. The predicted octanol–water partition coefficient (Wildman–Crippen LogP) is 2.64. The highest BCUT2D eigenvalue weighted by Crippen LogP contribution is 2.01. The molecule has 0 aliphatic carbocycles. The van der Waals surface area contributed by atoms with Crippen molar-refractivity contribution in [3.63, 3.8) is 0 Å². The van der Waals surface area contributed by atoms with Crippen LogP contribution in [0.3, 0.4) is 0 Å². The highest BCUT2D eigenvalue weighted by molar-refractivity contribution is 5.73. The van der Waals surface area contributed by atoms with E-state index >= 15 is 0 Å². The van der Waals surface area contributed by atoms with Crippen molar-refractivity contribution >= 4 is 5.97 Å². The van der Waals surface area contributed by atoms with Crippen molar-refractivity contribution in [2.24, 2.45) is 5.73 Å². The van der Waals surface area contributed by atoms with E-state index in [0.717, 1.165) is 5.56 Å². The van der Waals surface area contributed by atoms with E-state index in [4.69, 9.17) is 10.8 Å². The zero-order valence-electron chi connectivity index (χ0n) is 11.0. The van der Waals surface area contributed by atoms with Crippen LogP contribution in [0.2, 0.25) is 0 Å². The van der Waals surface area contributed by atoms with Gasteiger partial charge in [-0.05, 0) is 18.9 Å². The van der Waals surface area contributed by atoms with Crippen LogP contribution in [0.25, 0.3) is 0 Å². The van der Waals surface area contributed by atoms with Gasteiger partial charge in [-0.1, -0.05) is 66.2 Å². The van der Waals surface area contributed by atoms with Gasteiger partial charge >= 0.3 is 5.97 Å². The highest BCUT2D eigenvalue weighted by atomic mass is 16.4. The summed E-state index contributed by atoms with van der Waals surface area (Å²) in [6.45, 7) is 2.08. The van der Waals surface area contributed by atoms with Gasteiger partial charge in [0, 0.05) is 0 Å². The van der Waals surface area contributed by atoms with Crippen molar-refractivity contribution in [1.29, 1.82) is 0 Å². The molecule has 0 saturated heterocycles. The number of aliphatic carboxylic acids is 1. The van der Waals surface area contributed by atoms with Crippen LogP contribution in [0, 0.1) is 6.92 Å². The van der Waals surface area contributed by atoms with Crippen LogP contribution in [0.1, 0.15) is 11.1 Å². The van der Waals surface area contributed by atoms with Crippen molar-refractivity contribution in [3.8, 4) is 0 Å². The average Bonchev–Trinajstić information content (AvgIpc) is 2.41. The first-order valence-corrected chi connectivity index (χ1v) is 6.13. The van der Waals surface area contributed by atoms with Crippen LogP contribution in [0.4, 0.5) is 0 Å². The minimum absolute atomic E-state index is 0.385. The van der Waals surface area contributed by atoms with E-state index in [0.29, 0.717) is 6.42 Å². The fourth-order valence-electron chi connectivity index (χ4n) is 1.49. The van der Waals surface area contributed by atoms with Gasteiger partial charge < -0.3 is 10.8 Å². The number of carboxylic acids is 1. The van der Waals surface area contributed by atoms with Gasteiger partial charge in [-0.15, -0.1) is 0 Å². The third-order valence-corrected chi connectivity index (χ3v) is 2.56. The number of rotatable bonds is 3. The second kappa shape index (κ2) is 8.06. The maximum absolute atomic E-state index is 10.4. The van der Waals surface area contributed by atoms with Gasteiger partial charge in [-0.2, -0.15) is 0 Å². The summed E-state index contributed by atoms with van der Waals surface area (Å²) >= 11 is 0. The molecule has 0 unspecified atom stereocenters. The predicted molar refractivity (Wildman–Crippen MR) is 76.9 cm³/mol. The summed E-state index contributed by atoms with van der Waals surface area (Å²) in [7, 11) is 0. The highest BCUT2D eigenvalue weighted by Gasteiger charge is 2.10. The van der Waals surface area contributed by atoms with E-state index in [9.17, 15) is 4.79 Å². The minimum atomic E-state index is -0.959. The number of hydrogen-bond donors (Lipinski definition) is 2. The summed E-state index contributed by atoms with van der Waals surface area (Å²) in [5.41, 5.74) is 7.62. The maximum Gasteiger partial charge on any atom is 0.320 e. The zero-order chi connectivity index (χ0) is 14.1. The summed E-state index contributed by atoms with van der Waals surface area (Å²) in [6, 6.07) is 18.8. The Bertz CT molecular complexity index is 483. The third-order valence-electron chi connectivity index (χ3n) is 2.56. The minimum Gasteiger partial charge on any atom is -0.480 e. The van der Waals surface area contributed by atoms with E-state index in [1.807, 2.05) is 48.5 Å². The first-order chi connectivity index (χ1) is 9.09. The van der Waals surface area contributed by atoms with Gasteiger partial charge in [0.2, 0.25) is 0 Å². The molecule has 2 rings (SSSR count). The van der Waals surface area contributed by atoms with Crippen LogP contribution in [0.15, 0.2) is 60.7 Å². The van der Waals surface area contributed by atoms with E-state index < -0.39 is 12.0 Å². The average molecular weight is 257 g/mol. The Kier molecular flexibility index (Phi) is 6.33. The fourth-order valence-corrected chi connectivity index (χ4v) is 1.49. The van der Waals surface area contributed by atoms with Gasteiger partial charge in [0.25, 0.3) is 0 Å². The second-order valence-electron chi connectivity index (χ2n) is 4.29. The van der Waals surface area contributed by atoms with Gasteiger partial charge in [-0.3, -0.25) is 4.79 Å². The molecule has 0 spiro atoms. The lowest BCUT2D eigenvalue weighted by atomic mass is 10.1. The smallest absolute Gasteiger partial charge is 0.320 e. The van der Waals surface area contributed by atoms with Crippen LogP contribution in [0.5, 0.6) is 0 Å². The molecule has 0 saturated carbocycles. The quantitative estimate of drug-likeness (QED) is 0.888. The van der Waals surface area contributed by atoms with Crippen molar-refractivity contribution in [3.05, 3.63) is 71.8 Å². The lowest BCUT2D eigenvalue weighted by Gasteiger charge is -2.04. The monoisotopic (exact) mass is 257 g/mol. The van der Waals surface area contributed by atoms with E-state index in [-0.39, 0.29) is 0 Å². The van der Waals surface area contributed by atoms with Crippen molar-refractivity contribution in [2.45, 2.75) is 19.4 Å². The molecule has 0 radical (unpaired) electrons. The molecule has 3 heteroatoms. The number of carbonyl (C=O) groups is 1. The van der Waals surface area contributed by atoms with Crippen molar-refractivity contribution in [2.75, 3.05) is 0 Å². The van der Waals surface area contributed by atoms with E-state index in [1.54, 1.807) is 0 Å². The molecule has 0 heterocycles. The summed E-state index contributed by atoms with van der Waals surface area (Å²) in [4.78, 5) is 10.4. The van der Waals surface area contributed by atoms with Gasteiger partial charge in [0.1, 0.15) is 6.04 Å². The Morgan fingerprint density at radius 3 is 1.89 bits per heavy atom. The first-order valence-electron chi connectivity index (χ1n) is 6.13. The molecule has 0 aliphatic rings. The maximum atomic E-state index is 10.4. The summed E-state index contributed by atoms with van der Waals surface area (Å²) in [6.07, 6.45) is 0.385. The van der Waals surface area contributed by atoms with Crippen LogP contribution < -0.4 is 5.73 Å². The molecule has 19 heavy (non-hydrogen) atoms. The Morgan fingerprint density at radius 2 is 1.53 bits per heavy atom. The van der Waals surface area contributed by atoms with Crippen molar-refractivity contribution < 1.29 is 9.90 Å².